The molecule has 0 radical (unpaired) electrons. The summed E-state index contributed by atoms with van der Waals surface area (Å²) >= 11 is 0. The number of aliphatic imine (C=N–C) groups is 1. The van der Waals surface area contributed by atoms with Crippen LogP contribution in [0, 0.1) is 0 Å². The van der Waals surface area contributed by atoms with Crippen molar-refractivity contribution in [2.75, 3.05) is 7.05 Å². The molecule has 1 heterocycles. The summed E-state index contributed by atoms with van der Waals surface area (Å²) in [6, 6.07) is 12.9. The normalized spacial score (nSPS) is 12.0. The molecule has 0 unspecified atom stereocenters. The van der Waals surface area contributed by atoms with E-state index < -0.39 is 11.7 Å². The van der Waals surface area contributed by atoms with Gasteiger partial charge in [-0.1, -0.05) is 36.4 Å². The van der Waals surface area contributed by atoms with Gasteiger partial charge in [-0.25, -0.2) is 0 Å². The topological polar surface area (TPSA) is 53.9 Å². The van der Waals surface area contributed by atoms with Crippen molar-refractivity contribution < 1.29 is 13.2 Å². The van der Waals surface area contributed by atoms with Crippen molar-refractivity contribution in [1.29, 1.82) is 0 Å². The van der Waals surface area contributed by atoms with Crippen LogP contribution in [0.1, 0.15) is 22.4 Å². The van der Waals surface area contributed by atoms with Gasteiger partial charge in [0.05, 0.1) is 11.8 Å². The summed E-state index contributed by atoms with van der Waals surface area (Å²) in [4.78, 5) is 3.93. The Hall–Kier alpha value is -2.96. The molecular formula is C18H15F3N4. The molecule has 0 bridgehead atoms. The fourth-order valence-electron chi connectivity index (χ4n) is 2.59. The molecule has 0 spiro atoms. The lowest BCUT2D eigenvalue weighted by atomic mass is 10.00. The van der Waals surface area contributed by atoms with E-state index in [1.54, 1.807) is 19.3 Å². The van der Waals surface area contributed by atoms with Crippen molar-refractivity contribution in [2.24, 2.45) is 4.99 Å². The van der Waals surface area contributed by atoms with E-state index in [1.165, 1.54) is 12.1 Å². The molecule has 25 heavy (non-hydrogen) atoms. The lowest BCUT2D eigenvalue weighted by Gasteiger charge is -2.09. The van der Waals surface area contributed by atoms with E-state index in [0.29, 0.717) is 23.4 Å². The van der Waals surface area contributed by atoms with Crippen molar-refractivity contribution in [3.63, 3.8) is 0 Å². The molecule has 1 aromatic heterocycles. The number of nitrogens with one attached hydrogen (secondary N) is 1. The van der Waals surface area contributed by atoms with Gasteiger partial charge in [0.1, 0.15) is 11.4 Å². The minimum Gasteiger partial charge on any atom is -0.294 e. The zero-order valence-electron chi connectivity index (χ0n) is 13.4. The van der Waals surface area contributed by atoms with Gasteiger partial charge in [-0.15, -0.1) is 0 Å². The summed E-state index contributed by atoms with van der Waals surface area (Å²) in [5, 5.41) is 10.7. The molecule has 0 aliphatic heterocycles. The molecule has 0 saturated carbocycles. The van der Waals surface area contributed by atoms with E-state index >= 15 is 0 Å². The molecule has 0 fully saturated rings. The Labute approximate surface area is 142 Å². The highest BCUT2D eigenvalue weighted by atomic mass is 19.4. The number of H-pyrrole nitrogens is 1. The number of nitrogens with zero attached hydrogens (tertiary/aromatic N) is 3. The Morgan fingerprint density at radius 2 is 1.76 bits per heavy atom. The van der Waals surface area contributed by atoms with Gasteiger partial charge in [0.15, 0.2) is 0 Å². The molecule has 0 aliphatic carbocycles. The number of benzene rings is 2. The standard InChI is InChI=1S/C18H15F3N4/c1-22-11-16-17(24-25-23-16)14-6-2-4-12(9-14)8-13-5-3-7-15(10-13)18(19,20)21/h2-7,9-11H,8H2,1H3,(H,23,24,25). The van der Waals surface area contributed by atoms with Crippen LogP contribution < -0.4 is 0 Å². The summed E-state index contributed by atoms with van der Waals surface area (Å²) in [7, 11) is 1.64. The Kier molecular flexibility index (Phi) is 4.65. The summed E-state index contributed by atoms with van der Waals surface area (Å²) in [6.07, 6.45) is -2.35. The maximum Gasteiger partial charge on any atom is 0.416 e. The Morgan fingerprint density at radius 1 is 1.04 bits per heavy atom. The lowest BCUT2D eigenvalue weighted by Crippen LogP contribution is -2.05. The van der Waals surface area contributed by atoms with Crippen LogP contribution in [-0.4, -0.2) is 28.7 Å². The Bertz CT molecular complexity index is 897. The highest BCUT2D eigenvalue weighted by Gasteiger charge is 2.30. The Balaban J connectivity index is 1.89. The monoisotopic (exact) mass is 344 g/mol. The molecule has 0 aliphatic rings. The number of aromatic nitrogens is 3. The summed E-state index contributed by atoms with van der Waals surface area (Å²) < 4.78 is 38.5. The highest BCUT2D eigenvalue weighted by Crippen LogP contribution is 2.30. The quantitative estimate of drug-likeness (QED) is 0.724. The molecule has 3 rings (SSSR count). The molecular weight excluding hydrogens is 329 g/mol. The third-order valence-corrected chi connectivity index (χ3v) is 3.69. The molecule has 128 valence electrons. The van der Waals surface area contributed by atoms with Crippen LogP contribution in [-0.2, 0) is 12.6 Å². The van der Waals surface area contributed by atoms with Crippen molar-refractivity contribution in [3.05, 3.63) is 70.9 Å². The second-order valence-corrected chi connectivity index (χ2v) is 5.52. The number of rotatable bonds is 4. The average molecular weight is 344 g/mol. The van der Waals surface area contributed by atoms with Crippen LogP contribution >= 0.6 is 0 Å². The number of hydrogen-bond donors (Lipinski definition) is 1. The Morgan fingerprint density at radius 3 is 2.48 bits per heavy atom. The summed E-state index contributed by atoms with van der Waals surface area (Å²) in [5.74, 6) is 0. The molecule has 4 nitrogen and oxygen atoms in total. The van der Waals surface area contributed by atoms with Gasteiger partial charge in [-0.05, 0) is 29.7 Å². The zero-order valence-corrected chi connectivity index (χ0v) is 13.4. The smallest absolute Gasteiger partial charge is 0.294 e. The molecule has 0 saturated heterocycles. The van der Waals surface area contributed by atoms with Gasteiger partial charge < -0.3 is 0 Å². The molecule has 0 atom stereocenters. The predicted molar refractivity (Wildman–Crippen MR) is 89.6 cm³/mol. The molecule has 1 N–H and O–H groups in total. The number of halogens is 3. The van der Waals surface area contributed by atoms with Gasteiger partial charge in [-0.2, -0.15) is 28.6 Å². The number of alkyl halides is 3. The highest BCUT2D eigenvalue weighted by molar-refractivity contribution is 5.86. The first kappa shape index (κ1) is 16.9. The van der Waals surface area contributed by atoms with Crippen molar-refractivity contribution in [3.8, 4) is 11.3 Å². The summed E-state index contributed by atoms with van der Waals surface area (Å²) in [6.45, 7) is 0. The van der Waals surface area contributed by atoms with E-state index in [-0.39, 0.29) is 0 Å². The molecule has 3 aromatic rings. The molecule has 2 aromatic carbocycles. The van der Waals surface area contributed by atoms with Crippen molar-refractivity contribution in [2.45, 2.75) is 12.6 Å². The maximum absolute atomic E-state index is 12.8. The summed E-state index contributed by atoms with van der Waals surface area (Å²) in [5.41, 5.74) is 2.93. The number of hydrogen-bond acceptors (Lipinski definition) is 3. The van der Waals surface area contributed by atoms with Gasteiger partial charge in [0.25, 0.3) is 0 Å². The van der Waals surface area contributed by atoms with Crippen LogP contribution in [0.25, 0.3) is 11.3 Å². The van der Waals surface area contributed by atoms with Crippen molar-refractivity contribution >= 4 is 6.21 Å². The first-order chi connectivity index (χ1) is 12.0. The fraction of sp³-hybridized carbons (Fsp3) is 0.167. The van der Waals surface area contributed by atoms with Crippen LogP contribution in [0.2, 0.25) is 0 Å². The van der Waals surface area contributed by atoms with E-state index in [2.05, 4.69) is 20.4 Å². The van der Waals surface area contributed by atoms with Crippen LogP contribution in [0.15, 0.2) is 53.5 Å². The lowest BCUT2D eigenvalue weighted by molar-refractivity contribution is -0.137. The van der Waals surface area contributed by atoms with E-state index in [9.17, 15) is 13.2 Å². The van der Waals surface area contributed by atoms with Gasteiger partial charge in [0, 0.05) is 12.6 Å². The first-order valence-corrected chi connectivity index (χ1v) is 7.56. The number of aromatic amines is 1. The van der Waals surface area contributed by atoms with Crippen molar-refractivity contribution in [1.82, 2.24) is 15.4 Å². The third-order valence-electron chi connectivity index (χ3n) is 3.69. The average Bonchev–Trinajstić information content (AvgIpc) is 3.03. The van der Waals surface area contributed by atoms with Gasteiger partial charge in [-0.3, -0.25) is 4.99 Å². The fourth-order valence-corrected chi connectivity index (χ4v) is 2.59. The largest absolute Gasteiger partial charge is 0.416 e. The third kappa shape index (κ3) is 3.93. The first-order valence-electron chi connectivity index (χ1n) is 7.56. The molecule has 7 heteroatoms. The minimum atomic E-state index is -4.34. The van der Waals surface area contributed by atoms with Crippen LogP contribution in [0.3, 0.4) is 0 Å². The maximum atomic E-state index is 12.8. The van der Waals surface area contributed by atoms with E-state index in [1.807, 2.05) is 24.3 Å². The predicted octanol–water partition coefficient (Wildman–Crippen LogP) is 4.13. The van der Waals surface area contributed by atoms with E-state index in [4.69, 9.17) is 0 Å². The SMILES string of the molecule is CN=Cc1n[nH]nc1-c1cccc(Cc2cccc(C(F)(F)F)c2)c1. The van der Waals surface area contributed by atoms with E-state index in [0.717, 1.165) is 17.2 Å². The van der Waals surface area contributed by atoms with Gasteiger partial charge >= 0.3 is 6.18 Å². The zero-order chi connectivity index (χ0) is 17.9. The van der Waals surface area contributed by atoms with Gasteiger partial charge in [0.2, 0.25) is 0 Å². The second-order valence-electron chi connectivity index (χ2n) is 5.52. The van der Waals surface area contributed by atoms with Crippen LogP contribution in [0.5, 0.6) is 0 Å². The minimum absolute atomic E-state index is 0.396. The molecule has 0 amide bonds. The van der Waals surface area contributed by atoms with Crippen LogP contribution in [0.4, 0.5) is 13.2 Å². The second kappa shape index (κ2) is 6.88.